The number of fused-ring (bicyclic) bond motifs is 3. The van der Waals surface area contributed by atoms with Gasteiger partial charge in [-0.05, 0) is 72.8 Å². The molecule has 0 aliphatic heterocycles. The molecule has 0 heterocycles. The fraction of sp³-hybridized carbons (Fsp3) is 0.0323. The normalized spacial score (nSPS) is 12.0. The quantitative estimate of drug-likeness (QED) is 0.231. The third-order valence-corrected chi connectivity index (χ3v) is 6.49. The van der Waals surface area contributed by atoms with Gasteiger partial charge in [0.05, 0.1) is 5.56 Å². The lowest BCUT2D eigenvalue weighted by atomic mass is 9.87. The second-order valence-corrected chi connectivity index (χ2v) is 8.48. The van der Waals surface area contributed by atoms with Crippen LogP contribution in [0.5, 0.6) is 0 Å². The number of hydrogen-bond acceptors (Lipinski definition) is 0. The van der Waals surface area contributed by atoms with Crippen molar-refractivity contribution in [1.29, 1.82) is 0 Å². The van der Waals surface area contributed by atoms with E-state index in [0.717, 1.165) is 55.9 Å². The highest BCUT2D eigenvalue weighted by Gasteiger charge is 2.30. The van der Waals surface area contributed by atoms with Crippen molar-refractivity contribution in [3.05, 3.63) is 121 Å². The summed E-state index contributed by atoms with van der Waals surface area (Å²) in [7, 11) is 0. The summed E-state index contributed by atoms with van der Waals surface area (Å²) in [4.78, 5) is 0. The SMILES string of the molecule is FC(F)(F)c1ccc(-c2cccc3c(-c4cccc5ccccc45)c4ccccc4cc23)cc1. The van der Waals surface area contributed by atoms with Gasteiger partial charge in [-0.3, -0.25) is 0 Å². The Morgan fingerprint density at radius 2 is 1.03 bits per heavy atom. The first-order chi connectivity index (χ1) is 16.5. The topological polar surface area (TPSA) is 0 Å². The molecule has 0 saturated heterocycles. The summed E-state index contributed by atoms with van der Waals surface area (Å²) in [6.45, 7) is 0. The van der Waals surface area contributed by atoms with E-state index in [1.54, 1.807) is 12.1 Å². The lowest BCUT2D eigenvalue weighted by Gasteiger charge is -2.17. The van der Waals surface area contributed by atoms with E-state index >= 15 is 0 Å². The predicted octanol–water partition coefficient (Wildman–Crippen LogP) is 9.50. The van der Waals surface area contributed by atoms with Gasteiger partial charge in [-0.1, -0.05) is 97.1 Å². The van der Waals surface area contributed by atoms with Gasteiger partial charge in [-0.15, -0.1) is 0 Å². The lowest BCUT2D eigenvalue weighted by Crippen LogP contribution is -2.04. The number of halogens is 3. The average Bonchev–Trinajstić information content (AvgIpc) is 2.86. The van der Waals surface area contributed by atoms with Gasteiger partial charge in [0.15, 0.2) is 0 Å². The van der Waals surface area contributed by atoms with Crippen LogP contribution < -0.4 is 0 Å². The van der Waals surface area contributed by atoms with E-state index in [1.807, 2.05) is 36.4 Å². The minimum absolute atomic E-state index is 0.640. The molecular weight excluding hydrogens is 429 g/mol. The van der Waals surface area contributed by atoms with E-state index in [9.17, 15) is 13.2 Å². The highest BCUT2D eigenvalue weighted by atomic mass is 19.4. The Kier molecular flexibility index (Phi) is 4.66. The second-order valence-electron chi connectivity index (χ2n) is 8.48. The molecule has 0 aliphatic carbocycles. The highest BCUT2D eigenvalue weighted by Crippen LogP contribution is 2.42. The molecule has 6 rings (SSSR count). The number of rotatable bonds is 2. The van der Waals surface area contributed by atoms with Crippen molar-refractivity contribution in [3.63, 3.8) is 0 Å². The molecule has 3 heteroatoms. The first-order valence-corrected chi connectivity index (χ1v) is 11.1. The van der Waals surface area contributed by atoms with E-state index < -0.39 is 11.7 Å². The largest absolute Gasteiger partial charge is 0.416 e. The summed E-state index contributed by atoms with van der Waals surface area (Å²) >= 11 is 0. The van der Waals surface area contributed by atoms with Crippen LogP contribution in [0.2, 0.25) is 0 Å². The zero-order valence-corrected chi connectivity index (χ0v) is 18.1. The van der Waals surface area contributed by atoms with Gasteiger partial charge in [0, 0.05) is 0 Å². The lowest BCUT2D eigenvalue weighted by molar-refractivity contribution is -0.137. The zero-order chi connectivity index (χ0) is 23.3. The Bertz CT molecular complexity index is 1670. The Labute approximate surface area is 194 Å². The zero-order valence-electron chi connectivity index (χ0n) is 18.1. The molecule has 0 fully saturated rings. The molecule has 0 N–H and O–H groups in total. The second kappa shape index (κ2) is 7.74. The van der Waals surface area contributed by atoms with Gasteiger partial charge < -0.3 is 0 Å². The minimum Gasteiger partial charge on any atom is -0.166 e. The molecule has 0 nitrogen and oxygen atoms in total. The van der Waals surface area contributed by atoms with Crippen LogP contribution in [0, 0.1) is 0 Å². The Morgan fingerprint density at radius 1 is 0.441 bits per heavy atom. The Morgan fingerprint density at radius 3 is 1.79 bits per heavy atom. The van der Waals surface area contributed by atoms with Gasteiger partial charge in [0.1, 0.15) is 0 Å². The minimum atomic E-state index is -4.35. The number of hydrogen-bond donors (Lipinski definition) is 0. The van der Waals surface area contributed by atoms with E-state index in [2.05, 4.69) is 54.6 Å². The van der Waals surface area contributed by atoms with Crippen LogP contribution in [-0.4, -0.2) is 0 Å². The van der Waals surface area contributed by atoms with Crippen molar-refractivity contribution in [3.8, 4) is 22.3 Å². The van der Waals surface area contributed by atoms with Crippen LogP contribution in [0.15, 0.2) is 115 Å². The number of benzene rings is 6. The van der Waals surface area contributed by atoms with Crippen molar-refractivity contribution in [2.75, 3.05) is 0 Å². The Hall–Kier alpha value is -4.11. The first kappa shape index (κ1) is 20.5. The summed E-state index contributed by atoms with van der Waals surface area (Å²) in [5.74, 6) is 0. The molecule has 164 valence electrons. The fourth-order valence-electron chi connectivity index (χ4n) is 4.91. The van der Waals surface area contributed by atoms with E-state index in [4.69, 9.17) is 0 Å². The molecule has 34 heavy (non-hydrogen) atoms. The van der Waals surface area contributed by atoms with Gasteiger partial charge in [-0.25, -0.2) is 0 Å². The van der Waals surface area contributed by atoms with Crippen molar-refractivity contribution in [2.45, 2.75) is 6.18 Å². The van der Waals surface area contributed by atoms with Crippen LogP contribution in [-0.2, 0) is 6.18 Å². The highest BCUT2D eigenvalue weighted by molar-refractivity contribution is 6.19. The molecule has 0 bridgehead atoms. The van der Waals surface area contributed by atoms with Gasteiger partial charge >= 0.3 is 6.18 Å². The monoisotopic (exact) mass is 448 g/mol. The third kappa shape index (κ3) is 3.32. The Balaban J connectivity index is 1.69. The van der Waals surface area contributed by atoms with Crippen LogP contribution >= 0.6 is 0 Å². The maximum Gasteiger partial charge on any atom is 0.416 e. The van der Waals surface area contributed by atoms with Crippen molar-refractivity contribution < 1.29 is 13.2 Å². The molecular formula is C31H19F3. The summed E-state index contributed by atoms with van der Waals surface area (Å²) in [6, 6.07) is 36.6. The summed E-state index contributed by atoms with van der Waals surface area (Å²) in [6.07, 6.45) is -4.35. The third-order valence-electron chi connectivity index (χ3n) is 6.49. The average molecular weight is 448 g/mol. The molecule has 0 aliphatic rings. The molecule has 0 atom stereocenters. The smallest absolute Gasteiger partial charge is 0.166 e. The first-order valence-electron chi connectivity index (χ1n) is 11.1. The van der Waals surface area contributed by atoms with Crippen molar-refractivity contribution in [1.82, 2.24) is 0 Å². The van der Waals surface area contributed by atoms with Crippen molar-refractivity contribution in [2.24, 2.45) is 0 Å². The van der Waals surface area contributed by atoms with Crippen molar-refractivity contribution >= 4 is 32.3 Å². The van der Waals surface area contributed by atoms with Gasteiger partial charge in [0.25, 0.3) is 0 Å². The fourth-order valence-corrected chi connectivity index (χ4v) is 4.91. The molecule has 0 saturated carbocycles. The maximum absolute atomic E-state index is 13.1. The van der Waals surface area contributed by atoms with Crippen LogP contribution in [0.1, 0.15) is 5.56 Å². The van der Waals surface area contributed by atoms with Gasteiger partial charge in [-0.2, -0.15) is 13.2 Å². The number of alkyl halides is 3. The molecule has 0 aromatic heterocycles. The van der Waals surface area contributed by atoms with Crippen LogP contribution in [0.3, 0.4) is 0 Å². The summed E-state index contributed by atoms with van der Waals surface area (Å²) in [5.41, 5.74) is 3.32. The molecule has 0 spiro atoms. The molecule has 0 amide bonds. The predicted molar refractivity (Wildman–Crippen MR) is 135 cm³/mol. The van der Waals surface area contributed by atoms with E-state index in [-0.39, 0.29) is 0 Å². The molecule has 0 radical (unpaired) electrons. The summed E-state index contributed by atoms with van der Waals surface area (Å²) in [5, 5.41) is 6.67. The maximum atomic E-state index is 13.1. The van der Waals surface area contributed by atoms with Gasteiger partial charge in [0.2, 0.25) is 0 Å². The van der Waals surface area contributed by atoms with E-state index in [0.29, 0.717) is 0 Å². The van der Waals surface area contributed by atoms with E-state index in [1.165, 1.54) is 10.8 Å². The molecule has 6 aromatic carbocycles. The van der Waals surface area contributed by atoms with Crippen LogP contribution in [0.4, 0.5) is 13.2 Å². The summed E-state index contributed by atoms with van der Waals surface area (Å²) < 4.78 is 39.4. The molecule has 6 aromatic rings. The van der Waals surface area contributed by atoms with Crippen LogP contribution in [0.25, 0.3) is 54.6 Å². The molecule has 0 unspecified atom stereocenters. The standard InChI is InChI=1S/C31H19F3/c32-31(33,34)23-17-15-21(16-18-23)25-12-6-14-28-29(25)19-22-8-2-4-11-26(22)30(28)27-13-5-9-20-7-1-3-10-24(20)27/h1-19H.